The number of nitrogens with zero attached hydrogens (tertiary/aromatic N) is 6. The van der Waals surface area contributed by atoms with Gasteiger partial charge in [-0.05, 0) is 199 Å². The summed E-state index contributed by atoms with van der Waals surface area (Å²) in [4.78, 5) is 12.4. The van der Waals surface area contributed by atoms with E-state index < -0.39 is 5.67 Å². The summed E-state index contributed by atoms with van der Waals surface area (Å²) in [5, 5.41) is 24.0. The summed E-state index contributed by atoms with van der Waals surface area (Å²) in [5.41, 5.74) is 4.11. The van der Waals surface area contributed by atoms with E-state index >= 15 is 0 Å². The minimum absolute atomic E-state index is 0. The number of rotatable bonds is 2. The first-order chi connectivity index (χ1) is 47.4. The zero-order valence-electron chi connectivity index (χ0n) is 75.9. The molecule has 3 saturated heterocycles. The summed E-state index contributed by atoms with van der Waals surface area (Å²) in [7, 11) is 0. The van der Waals surface area contributed by atoms with Gasteiger partial charge in [-0.2, -0.15) is 4.98 Å². The number of fused-ring (bicyclic) bond motifs is 1. The maximum absolute atomic E-state index is 13.4. The molecule has 6 heterocycles. The first-order valence-corrected chi connectivity index (χ1v) is 42.8. The molecule has 3 atom stereocenters. The second-order valence-corrected chi connectivity index (χ2v) is 46.7. The van der Waals surface area contributed by atoms with Crippen LogP contribution in [0, 0.1) is 96.1 Å². The van der Waals surface area contributed by atoms with E-state index in [1.807, 2.05) is 26.8 Å². The second-order valence-electron chi connectivity index (χ2n) is 45.6. The maximum Gasteiger partial charge on any atom is 0.223 e. The Morgan fingerprint density at radius 3 is 1.11 bits per heavy atom. The Kier molecular flexibility index (Phi) is 36.3. The molecular formula is C93H175FN6O5S. The number of aryl methyl sites for hydroxylation is 2. The third-order valence-corrected chi connectivity index (χ3v) is 27.6. The van der Waals surface area contributed by atoms with Crippen LogP contribution in [-0.4, -0.2) is 85.8 Å². The van der Waals surface area contributed by atoms with Crippen LogP contribution in [0.2, 0.25) is 0 Å². The first-order valence-electron chi connectivity index (χ1n) is 42.0. The molecule has 3 aromatic heterocycles. The van der Waals surface area contributed by atoms with E-state index in [4.69, 9.17) is 18.7 Å². The largest absolute Gasteiger partial charge is 0.389 e. The lowest BCUT2D eigenvalue weighted by atomic mass is 9.54. The van der Waals surface area contributed by atoms with Crippen LogP contribution in [0.4, 0.5) is 4.39 Å². The normalized spacial score (nSPS) is 23.5. The topological polar surface area (TPSA) is 138 Å². The molecule has 13 heteroatoms. The monoisotopic (exact) mass is 1510 g/mol. The lowest BCUT2D eigenvalue weighted by Gasteiger charge is -2.57. The highest BCUT2D eigenvalue weighted by atomic mass is 32.1. The van der Waals surface area contributed by atoms with Gasteiger partial charge in [0.15, 0.2) is 5.82 Å². The van der Waals surface area contributed by atoms with Crippen LogP contribution in [0.1, 0.15) is 406 Å². The molecule has 1 N–H and O–H groups in total. The molecule has 7 aliphatic carbocycles. The highest BCUT2D eigenvalue weighted by molar-refractivity contribution is 7.11. The van der Waals surface area contributed by atoms with E-state index in [1.54, 1.807) is 30.7 Å². The predicted molar refractivity (Wildman–Crippen MR) is 453 cm³/mol. The summed E-state index contributed by atoms with van der Waals surface area (Å²) >= 11 is 1.72. The quantitative estimate of drug-likeness (QED) is 0.262. The van der Waals surface area contributed by atoms with Crippen molar-refractivity contribution in [1.29, 1.82) is 0 Å². The van der Waals surface area contributed by atoms with E-state index in [1.165, 1.54) is 89.9 Å². The highest BCUT2D eigenvalue weighted by Gasteiger charge is 2.59. The van der Waals surface area contributed by atoms with Crippen molar-refractivity contribution in [3.8, 4) is 0 Å². The number of hydrogen-bond acceptors (Lipinski definition) is 12. The molecule has 106 heavy (non-hydrogen) atoms. The zero-order chi connectivity index (χ0) is 80.9. The third kappa shape index (κ3) is 30.1. The Bertz CT molecular complexity index is 2800. The van der Waals surface area contributed by atoms with Crippen molar-refractivity contribution < 1.29 is 28.2 Å². The SMILES string of the molecule is C.CC(C)(C)C1(C)CCC1.CC(C)(C)C1(F)CCC1.CC(C)(C)C1(O)CCC1.CC(C)(C)C1C2COCC21.CC(C)(C)C1CC2(COC2)C1.CC(C)(C)C1CCC1.CC(C)(C)C1CCO1.CC(C)(C)c1ncccn1.CCC1(C(C)(C)C)CCC1.CCc1nnc(C(C)(C)C)s1.Cc1nc(C(C)(C)C)no1. The average Bonchev–Trinajstić information content (AvgIpc) is 1.50. The van der Waals surface area contributed by atoms with Gasteiger partial charge in [0.05, 0.1) is 38.1 Å². The Morgan fingerprint density at radius 1 is 0.519 bits per heavy atom. The van der Waals surface area contributed by atoms with E-state index in [0.29, 0.717) is 60.7 Å². The zero-order valence-corrected chi connectivity index (χ0v) is 76.7. The smallest absolute Gasteiger partial charge is 0.223 e. The van der Waals surface area contributed by atoms with Gasteiger partial charge < -0.3 is 23.8 Å². The van der Waals surface area contributed by atoms with Crippen molar-refractivity contribution >= 4 is 11.3 Å². The number of aliphatic hydroxyl groups is 1. The standard InChI is InChI=1S/C10H18O.C10H20.C9H16O.C9H18.C8H15F.C8H14N2S.C8H12N2.C8H16O.C8H16.C7H12N2O.C7H14O.CH4/c1-9(2,3)8-4-10(5-8)6-11-7-10;1-5-10(7-6-8-10)9(2,3)4;1-9(2,3)8-6-4-10-5-7(6)8;1-8(2,3)9(4)6-5-7-9;1-7(2,3)8(9)5-4-6-8;1-5-6-9-10-7(11-6)8(2,3)4;1-8(2,3)7-9-5-4-6-10-7;1-7(2,3)8(9)5-4-6-8;1-8(2,3)7-5-4-6-7;1-5-8-6(9-10-5)7(2,3)4;1-7(2,3)6-4-5-8-6;/h8H,4-7H2,1-3H3;5-8H2,1-4H3;6-8H,4-5H2,1-3H3;5-7H2,1-4H3;4-6H2,1-3H3;5H2,1-4H3;4-6H,1-3H3;9H,4-6H2,1-3H3;7H,4-6H2,1-3H3;1-4H3;6H,4-5H2,1-3H3;1H4. The lowest BCUT2D eigenvalue weighted by Crippen LogP contribution is -2.54. The molecule has 0 radical (unpaired) electrons. The van der Waals surface area contributed by atoms with Crippen LogP contribution in [0.25, 0.3) is 0 Å². The lowest BCUT2D eigenvalue weighted by molar-refractivity contribution is -0.195. The molecular weight excluding hydrogens is 1330 g/mol. The van der Waals surface area contributed by atoms with E-state index in [9.17, 15) is 9.50 Å². The molecule has 3 aliphatic heterocycles. The molecule has 3 unspecified atom stereocenters. The van der Waals surface area contributed by atoms with Gasteiger partial charge >= 0.3 is 0 Å². The highest BCUT2D eigenvalue weighted by Crippen LogP contribution is 2.60. The minimum atomic E-state index is -0.840. The summed E-state index contributed by atoms with van der Waals surface area (Å²) in [6.45, 7) is 86.9. The van der Waals surface area contributed by atoms with Crippen molar-refractivity contribution in [2.24, 2.45) is 89.2 Å². The fourth-order valence-corrected chi connectivity index (χ4v) is 16.0. The Morgan fingerprint density at radius 2 is 0.981 bits per heavy atom. The number of hydrogen-bond donors (Lipinski definition) is 1. The molecule has 620 valence electrons. The molecule has 11 nitrogen and oxygen atoms in total. The first kappa shape index (κ1) is 99.6. The van der Waals surface area contributed by atoms with Crippen LogP contribution < -0.4 is 0 Å². The summed E-state index contributed by atoms with van der Waals surface area (Å²) < 4.78 is 34.1. The molecule has 1 spiro atoms. The van der Waals surface area contributed by atoms with Gasteiger partial charge in [-0.25, -0.2) is 14.4 Å². The summed E-state index contributed by atoms with van der Waals surface area (Å²) in [6, 6.07) is 1.83. The fourth-order valence-electron chi connectivity index (χ4n) is 15.1. The van der Waals surface area contributed by atoms with Crippen molar-refractivity contribution in [3.05, 3.63) is 46.0 Å². The van der Waals surface area contributed by atoms with Crippen molar-refractivity contribution in [3.63, 3.8) is 0 Å². The fraction of sp³-hybridized carbons (Fsp3) is 0.914. The average molecular weight is 1510 g/mol. The molecule has 0 aromatic carbocycles. The van der Waals surface area contributed by atoms with E-state index in [0.717, 1.165) is 123 Å². The number of ether oxygens (including phenoxy) is 3. The van der Waals surface area contributed by atoms with Gasteiger partial charge in [0.1, 0.15) is 21.5 Å². The van der Waals surface area contributed by atoms with Gasteiger partial charge in [-0.3, -0.25) is 0 Å². The van der Waals surface area contributed by atoms with Crippen LogP contribution in [0.3, 0.4) is 0 Å². The molecule has 7 saturated carbocycles. The van der Waals surface area contributed by atoms with Crippen LogP contribution in [0.15, 0.2) is 23.0 Å². The molecule has 0 bridgehead atoms. The Balaban J connectivity index is 0.000000396. The molecule has 10 aliphatic rings. The number of halogens is 1. The van der Waals surface area contributed by atoms with E-state index in [-0.39, 0.29) is 40.1 Å². The minimum Gasteiger partial charge on any atom is -0.389 e. The Labute approximate surface area is 660 Å². The number of alkyl halides is 1. The predicted octanol–water partition coefficient (Wildman–Crippen LogP) is 27.2. The van der Waals surface area contributed by atoms with Gasteiger partial charge in [0, 0.05) is 47.6 Å². The van der Waals surface area contributed by atoms with Crippen molar-refractivity contribution in [1.82, 2.24) is 30.3 Å². The van der Waals surface area contributed by atoms with Gasteiger partial charge in [0.2, 0.25) is 5.89 Å². The van der Waals surface area contributed by atoms with Crippen molar-refractivity contribution in [2.45, 2.75) is 426 Å². The van der Waals surface area contributed by atoms with Crippen LogP contribution >= 0.6 is 11.3 Å². The van der Waals surface area contributed by atoms with Crippen LogP contribution in [-0.2, 0) is 36.9 Å². The van der Waals surface area contributed by atoms with Gasteiger partial charge in [-0.1, -0.05) is 281 Å². The maximum atomic E-state index is 13.4. The third-order valence-electron chi connectivity index (χ3n) is 26.1. The summed E-state index contributed by atoms with van der Waals surface area (Å²) in [6.07, 6.45) is 29.5. The van der Waals surface area contributed by atoms with Crippen molar-refractivity contribution in [2.75, 3.05) is 33.0 Å². The molecule has 3 aromatic rings. The van der Waals surface area contributed by atoms with Gasteiger partial charge in [-0.15, -0.1) is 21.5 Å². The Hall–Kier alpha value is -2.45. The molecule has 13 rings (SSSR count). The van der Waals surface area contributed by atoms with Gasteiger partial charge in [0.25, 0.3) is 0 Å². The second kappa shape index (κ2) is 38.6. The van der Waals surface area contributed by atoms with E-state index in [2.05, 4.69) is 259 Å². The molecule has 10 fully saturated rings. The summed E-state index contributed by atoms with van der Waals surface area (Å²) in [5.74, 6) is 7.07. The van der Waals surface area contributed by atoms with Crippen LogP contribution in [0.5, 0.6) is 0 Å². The molecule has 0 amide bonds. The number of aromatic nitrogens is 6.